The fourth-order valence-electron chi connectivity index (χ4n) is 1.38. The van der Waals surface area contributed by atoms with Crippen molar-refractivity contribution in [3.05, 3.63) is 0 Å². The van der Waals surface area contributed by atoms with Gasteiger partial charge in [-0.1, -0.05) is 0 Å². The van der Waals surface area contributed by atoms with E-state index in [0.29, 0.717) is 13.0 Å². The molecular weight excluding hydrogens is 194 g/mol. The van der Waals surface area contributed by atoms with Crippen molar-refractivity contribution in [3.63, 3.8) is 0 Å². The number of aliphatic hydroxyl groups is 1. The predicted octanol–water partition coefficient (Wildman–Crippen LogP) is -0.971. The Hall–Kier alpha value is -0.170. The van der Waals surface area contributed by atoms with Crippen LogP contribution in [0.25, 0.3) is 0 Å². The van der Waals surface area contributed by atoms with Crippen LogP contribution in [0.2, 0.25) is 0 Å². The van der Waals surface area contributed by atoms with Crippen LogP contribution in [0.3, 0.4) is 0 Å². The molecule has 78 valence electrons. The van der Waals surface area contributed by atoms with Gasteiger partial charge in [0.25, 0.3) is 0 Å². The van der Waals surface area contributed by atoms with Gasteiger partial charge in [0.1, 0.15) is 0 Å². The number of hydrogen-bond donors (Lipinski definition) is 1. The molecule has 0 spiro atoms. The van der Waals surface area contributed by atoms with Gasteiger partial charge in [0.05, 0.1) is 18.5 Å². The maximum absolute atomic E-state index is 11.3. The molecule has 1 fully saturated rings. The van der Waals surface area contributed by atoms with Gasteiger partial charge in [0, 0.05) is 20.2 Å². The molecule has 0 bridgehead atoms. The topological polar surface area (TPSA) is 66.8 Å². The van der Waals surface area contributed by atoms with Crippen LogP contribution in [0, 0.1) is 0 Å². The molecule has 1 N–H and O–H groups in total. The third-order valence-electron chi connectivity index (χ3n) is 1.98. The SMILES string of the molecule is COCC(O)CN1CCCS1(=O)=O. The van der Waals surface area contributed by atoms with Crippen LogP contribution in [-0.2, 0) is 14.8 Å². The van der Waals surface area contributed by atoms with E-state index in [1.54, 1.807) is 0 Å². The van der Waals surface area contributed by atoms with Gasteiger partial charge < -0.3 is 9.84 Å². The number of rotatable bonds is 4. The Morgan fingerprint density at radius 2 is 2.31 bits per heavy atom. The van der Waals surface area contributed by atoms with Gasteiger partial charge in [-0.25, -0.2) is 8.42 Å². The normalized spacial score (nSPS) is 24.8. The summed E-state index contributed by atoms with van der Waals surface area (Å²) in [7, 11) is -1.61. The lowest BCUT2D eigenvalue weighted by atomic mass is 10.3. The van der Waals surface area contributed by atoms with E-state index in [4.69, 9.17) is 4.74 Å². The number of β-amino-alcohol motifs (C(OH)–C–C–N with tert-alkyl or cyclic N) is 1. The molecule has 0 radical (unpaired) electrons. The van der Waals surface area contributed by atoms with Crippen LogP contribution in [0.1, 0.15) is 6.42 Å². The summed E-state index contributed by atoms with van der Waals surface area (Å²) in [5.74, 6) is 0.201. The smallest absolute Gasteiger partial charge is 0.214 e. The molecule has 0 aromatic rings. The summed E-state index contributed by atoms with van der Waals surface area (Å²) in [6.07, 6.45) is -0.0694. The lowest BCUT2D eigenvalue weighted by Crippen LogP contribution is -2.35. The van der Waals surface area contributed by atoms with Gasteiger partial charge in [-0.3, -0.25) is 0 Å². The Balaban J connectivity index is 2.45. The number of hydrogen-bond acceptors (Lipinski definition) is 4. The Kier molecular flexibility index (Phi) is 3.66. The number of aliphatic hydroxyl groups excluding tert-OH is 1. The number of sulfonamides is 1. The number of nitrogens with zero attached hydrogens (tertiary/aromatic N) is 1. The summed E-state index contributed by atoms with van der Waals surface area (Å²) in [5, 5.41) is 9.31. The molecule has 0 aliphatic carbocycles. The molecule has 1 aliphatic heterocycles. The highest BCUT2D eigenvalue weighted by Crippen LogP contribution is 2.13. The van der Waals surface area contributed by atoms with E-state index in [0.717, 1.165) is 0 Å². The third-order valence-corrected chi connectivity index (χ3v) is 3.90. The van der Waals surface area contributed by atoms with Crippen LogP contribution >= 0.6 is 0 Å². The summed E-state index contributed by atoms with van der Waals surface area (Å²) in [6, 6.07) is 0. The van der Waals surface area contributed by atoms with Crippen molar-refractivity contribution in [2.24, 2.45) is 0 Å². The van der Waals surface area contributed by atoms with E-state index in [9.17, 15) is 13.5 Å². The van der Waals surface area contributed by atoms with E-state index >= 15 is 0 Å². The first kappa shape index (κ1) is 10.9. The molecule has 1 heterocycles. The van der Waals surface area contributed by atoms with Crippen LogP contribution in [-0.4, -0.2) is 56.5 Å². The van der Waals surface area contributed by atoms with Crippen molar-refractivity contribution in [2.75, 3.05) is 32.6 Å². The Labute approximate surface area is 78.4 Å². The third kappa shape index (κ3) is 2.91. The zero-order valence-corrected chi connectivity index (χ0v) is 8.46. The highest BCUT2D eigenvalue weighted by atomic mass is 32.2. The predicted molar refractivity (Wildman–Crippen MR) is 47.9 cm³/mol. The quantitative estimate of drug-likeness (QED) is 0.647. The van der Waals surface area contributed by atoms with Crippen molar-refractivity contribution in [3.8, 4) is 0 Å². The maximum atomic E-state index is 11.3. The molecule has 1 rings (SSSR count). The minimum absolute atomic E-state index is 0.149. The van der Waals surface area contributed by atoms with E-state index in [1.165, 1.54) is 11.4 Å². The van der Waals surface area contributed by atoms with Crippen molar-refractivity contribution in [2.45, 2.75) is 12.5 Å². The summed E-state index contributed by atoms with van der Waals surface area (Å²) in [6.45, 7) is 0.839. The lowest BCUT2D eigenvalue weighted by molar-refractivity contribution is 0.0536. The van der Waals surface area contributed by atoms with Gasteiger partial charge in [-0.05, 0) is 6.42 Å². The maximum Gasteiger partial charge on any atom is 0.214 e. The average molecular weight is 209 g/mol. The lowest BCUT2D eigenvalue weighted by Gasteiger charge is -2.17. The first-order valence-electron chi connectivity index (χ1n) is 4.21. The number of ether oxygens (including phenoxy) is 1. The summed E-state index contributed by atoms with van der Waals surface area (Å²) < 4.78 is 28.6. The van der Waals surface area contributed by atoms with Gasteiger partial charge in [0.15, 0.2) is 0 Å². The molecule has 1 aliphatic rings. The van der Waals surface area contributed by atoms with Crippen LogP contribution in [0.5, 0.6) is 0 Å². The highest BCUT2D eigenvalue weighted by molar-refractivity contribution is 7.89. The Morgan fingerprint density at radius 1 is 1.62 bits per heavy atom. The molecule has 1 unspecified atom stereocenters. The molecule has 0 saturated carbocycles. The molecule has 1 atom stereocenters. The second-order valence-electron chi connectivity index (χ2n) is 3.14. The second kappa shape index (κ2) is 4.36. The largest absolute Gasteiger partial charge is 0.389 e. The van der Waals surface area contributed by atoms with Gasteiger partial charge in [-0.15, -0.1) is 0 Å². The molecule has 0 aromatic heterocycles. The van der Waals surface area contributed by atoms with Crippen LogP contribution in [0.4, 0.5) is 0 Å². The van der Waals surface area contributed by atoms with E-state index in [-0.39, 0.29) is 18.9 Å². The van der Waals surface area contributed by atoms with Crippen molar-refractivity contribution >= 4 is 10.0 Å². The molecular formula is C7H15NO4S. The molecule has 1 saturated heterocycles. The summed E-state index contributed by atoms with van der Waals surface area (Å²) in [5.41, 5.74) is 0. The van der Waals surface area contributed by atoms with Crippen molar-refractivity contribution in [1.82, 2.24) is 4.31 Å². The Morgan fingerprint density at radius 3 is 2.77 bits per heavy atom. The standard InChI is InChI=1S/C7H15NO4S/c1-12-6-7(9)5-8-3-2-4-13(8,10)11/h7,9H,2-6H2,1H3. The second-order valence-corrected chi connectivity index (χ2v) is 5.23. The van der Waals surface area contributed by atoms with Crippen LogP contribution in [0.15, 0.2) is 0 Å². The van der Waals surface area contributed by atoms with E-state index in [1.807, 2.05) is 0 Å². The highest BCUT2D eigenvalue weighted by Gasteiger charge is 2.29. The molecule has 5 nitrogen and oxygen atoms in total. The van der Waals surface area contributed by atoms with Crippen molar-refractivity contribution < 1.29 is 18.3 Å². The minimum atomic E-state index is -3.08. The average Bonchev–Trinajstić information content (AvgIpc) is 2.31. The van der Waals surface area contributed by atoms with Crippen molar-refractivity contribution in [1.29, 1.82) is 0 Å². The monoisotopic (exact) mass is 209 g/mol. The number of methoxy groups -OCH3 is 1. The molecule has 0 aromatic carbocycles. The summed E-state index contributed by atoms with van der Waals surface area (Å²) in [4.78, 5) is 0. The Bertz CT molecular complexity index is 251. The first-order chi connectivity index (χ1) is 6.06. The zero-order valence-electron chi connectivity index (χ0n) is 7.64. The molecule has 0 amide bonds. The van der Waals surface area contributed by atoms with E-state index in [2.05, 4.69) is 0 Å². The van der Waals surface area contributed by atoms with Crippen LogP contribution < -0.4 is 0 Å². The molecule has 6 heteroatoms. The van der Waals surface area contributed by atoms with E-state index < -0.39 is 16.1 Å². The first-order valence-corrected chi connectivity index (χ1v) is 5.82. The van der Waals surface area contributed by atoms with Gasteiger partial charge in [-0.2, -0.15) is 4.31 Å². The van der Waals surface area contributed by atoms with Gasteiger partial charge >= 0.3 is 0 Å². The fraction of sp³-hybridized carbons (Fsp3) is 1.00. The minimum Gasteiger partial charge on any atom is -0.389 e. The van der Waals surface area contributed by atoms with Gasteiger partial charge in [0.2, 0.25) is 10.0 Å². The zero-order chi connectivity index (χ0) is 9.90. The fourth-order valence-corrected chi connectivity index (χ4v) is 2.94. The summed E-state index contributed by atoms with van der Waals surface area (Å²) >= 11 is 0. The molecule has 13 heavy (non-hydrogen) atoms.